The number of aryl methyl sites for hydroxylation is 1. The molecule has 3 heteroatoms. The predicted molar refractivity (Wildman–Crippen MR) is 142 cm³/mol. The molecule has 1 spiro atoms. The standard InChI is InChI=1S/C29H34OS2/c1-17-10-20-21(12-25(17)32-7)26-19-9-8-18(31-6)11-22(19)29(23(26)13-24(20)30)15-27(2,3)14-28(4,5)16-29/h8-13,30H,14-16H2,1-7H3. The first-order valence-corrected chi connectivity index (χ1v) is 14.0. The van der Waals surface area contributed by atoms with Crippen molar-refractivity contribution in [2.24, 2.45) is 10.8 Å². The number of aromatic hydroxyl groups is 1. The van der Waals surface area contributed by atoms with E-state index in [2.05, 4.69) is 83.5 Å². The van der Waals surface area contributed by atoms with E-state index in [1.807, 2.05) is 11.8 Å². The van der Waals surface area contributed by atoms with Crippen molar-refractivity contribution in [1.29, 1.82) is 0 Å². The molecule has 0 amide bonds. The van der Waals surface area contributed by atoms with Gasteiger partial charge in [0.15, 0.2) is 0 Å². The average molecular weight is 463 g/mol. The number of fused-ring (bicyclic) bond motifs is 7. The van der Waals surface area contributed by atoms with E-state index in [0.29, 0.717) is 5.75 Å². The summed E-state index contributed by atoms with van der Waals surface area (Å²) in [6, 6.07) is 13.7. The van der Waals surface area contributed by atoms with E-state index >= 15 is 0 Å². The summed E-state index contributed by atoms with van der Waals surface area (Å²) in [6.45, 7) is 11.9. The van der Waals surface area contributed by atoms with Gasteiger partial charge in [-0.25, -0.2) is 0 Å². The molecule has 1 N–H and O–H groups in total. The van der Waals surface area contributed by atoms with Crippen LogP contribution in [0.5, 0.6) is 5.75 Å². The molecule has 0 unspecified atom stereocenters. The molecule has 168 valence electrons. The van der Waals surface area contributed by atoms with Crippen molar-refractivity contribution < 1.29 is 5.11 Å². The number of hydrogen-bond acceptors (Lipinski definition) is 3. The lowest BCUT2D eigenvalue weighted by molar-refractivity contribution is 0.0644. The monoisotopic (exact) mass is 462 g/mol. The summed E-state index contributed by atoms with van der Waals surface area (Å²) in [4.78, 5) is 2.61. The van der Waals surface area contributed by atoms with Crippen LogP contribution in [0.3, 0.4) is 0 Å². The van der Waals surface area contributed by atoms with E-state index in [1.165, 1.54) is 49.4 Å². The van der Waals surface area contributed by atoms with Crippen molar-refractivity contribution in [3.63, 3.8) is 0 Å². The summed E-state index contributed by atoms with van der Waals surface area (Å²) in [7, 11) is 0. The van der Waals surface area contributed by atoms with Crippen LogP contribution in [0.4, 0.5) is 0 Å². The van der Waals surface area contributed by atoms with Crippen LogP contribution in [0, 0.1) is 17.8 Å². The van der Waals surface area contributed by atoms with E-state index in [-0.39, 0.29) is 16.2 Å². The number of rotatable bonds is 2. The summed E-state index contributed by atoms with van der Waals surface area (Å²) in [6.07, 6.45) is 7.77. The molecule has 1 fully saturated rings. The first-order valence-electron chi connectivity index (χ1n) is 11.5. The third-order valence-corrected chi connectivity index (χ3v) is 9.28. The lowest BCUT2D eigenvalue weighted by atomic mass is 9.52. The molecule has 0 heterocycles. The van der Waals surface area contributed by atoms with Gasteiger partial charge in [0.1, 0.15) is 5.75 Å². The highest BCUT2D eigenvalue weighted by Crippen LogP contribution is 2.65. The van der Waals surface area contributed by atoms with Gasteiger partial charge in [-0.15, -0.1) is 23.5 Å². The zero-order valence-corrected chi connectivity index (χ0v) is 22.0. The van der Waals surface area contributed by atoms with Gasteiger partial charge in [0, 0.05) is 20.6 Å². The lowest BCUT2D eigenvalue weighted by Gasteiger charge is -2.51. The molecule has 0 bridgehead atoms. The summed E-state index contributed by atoms with van der Waals surface area (Å²) in [5.74, 6) is 0.424. The molecule has 0 aliphatic heterocycles. The lowest BCUT2D eigenvalue weighted by Crippen LogP contribution is -2.43. The van der Waals surface area contributed by atoms with Gasteiger partial charge in [-0.1, -0.05) is 33.8 Å². The highest BCUT2D eigenvalue weighted by Gasteiger charge is 2.53. The summed E-state index contributed by atoms with van der Waals surface area (Å²) < 4.78 is 0. The molecular weight excluding hydrogens is 428 g/mol. The molecule has 1 nitrogen and oxygen atoms in total. The van der Waals surface area contributed by atoms with E-state index in [4.69, 9.17) is 0 Å². The van der Waals surface area contributed by atoms with Gasteiger partial charge in [-0.3, -0.25) is 0 Å². The van der Waals surface area contributed by atoms with Crippen molar-refractivity contribution in [1.82, 2.24) is 0 Å². The van der Waals surface area contributed by atoms with Crippen LogP contribution in [0.15, 0.2) is 46.2 Å². The van der Waals surface area contributed by atoms with Crippen LogP contribution in [-0.2, 0) is 5.41 Å². The number of phenolic OH excluding ortho intramolecular Hbond substituents is 1. The van der Waals surface area contributed by atoms with Gasteiger partial charge in [0.2, 0.25) is 0 Å². The Balaban J connectivity index is 1.92. The number of benzene rings is 3. The SMILES string of the molecule is CSc1ccc2c(c1)C1(CC(C)(C)CC(C)(C)C1)c1cc(O)c3cc(C)c(SC)cc3c1-2. The van der Waals surface area contributed by atoms with E-state index in [0.717, 1.165) is 18.2 Å². The quantitative estimate of drug-likeness (QED) is 0.384. The fourth-order valence-corrected chi connectivity index (χ4v) is 8.39. The minimum absolute atomic E-state index is 0.0578. The Kier molecular flexibility index (Phi) is 5.01. The Bertz CT molecular complexity index is 1240. The van der Waals surface area contributed by atoms with Gasteiger partial charge in [-0.2, -0.15) is 0 Å². The van der Waals surface area contributed by atoms with Crippen LogP contribution < -0.4 is 0 Å². The van der Waals surface area contributed by atoms with Gasteiger partial charge in [0.25, 0.3) is 0 Å². The van der Waals surface area contributed by atoms with Crippen molar-refractivity contribution in [3.05, 3.63) is 53.1 Å². The molecule has 0 aromatic heterocycles. The topological polar surface area (TPSA) is 20.2 Å². The maximum absolute atomic E-state index is 11.3. The maximum atomic E-state index is 11.3. The van der Waals surface area contributed by atoms with E-state index < -0.39 is 0 Å². The van der Waals surface area contributed by atoms with Crippen molar-refractivity contribution >= 4 is 34.3 Å². The molecule has 32 heavy (non-hydrogen) atoms. The summed E-state index contributed by atoms with van der Waals surface area (Å²) in [5, 5.41) is 13.4. The Hall–Kier alpha value is -1.58. The van der Waals surface area contributed by atoms with Gasteiger partial charge in [-0.05, 0) is 113 Å². The third-order valence-electron chi connectivity index (χ3n) is 7.68. The minimum atomic E-state index is -0.0578. The third kappa shape index (κ3) is 3.22. The minimum Gasteiger partial charge on any atom is -0.507 e. The molecule has 1 saturated carbocycles. The number of phenols is 1. The van der Waals surface area contributed by atoms with E-state index in [1.54, 1.807) is 11.8 Å². The molecule has 0 saturated heterocycles. The largest absolute Gasteiger partial charge is 0.507 e. The van der Waals surface area contributed by atoms with Crippen molar-refractivity contribution in [3.8, 4) is 16.9 Å². The molecule has 5 rings (SSSR count). The maximum Gasteiger partial charge on any atom is 0.123 e. The molecule has 3 aromatic carbocycles. The second-order valence-corrected chi connectivity index (χ2v) is 13.3. The van der Waals surface area contributed by atoms with Crippen molar-refractivity contribution in [2.75, 3.05) is 12.5 Å². The molecule has 3 aromatic rings. The molecule has 0 radical (unpaired) electrons. The molecule has 0 atom stereocenters. The first-order chi connectivity index (χ1) is 15.0. The van der Waals surface area contributed by atoms with Gasteiger partial charge in [0.05, 0.1) is 0 Å². The van der Waals surface area contributed by atoms with Gasteiger partial charge < -0.3 is 5.11 Å². The van der Waals surface area contributed by atoms with Crippen LogP contribution in [-0.4, -0.2) is 17.6 Å². The first kappa shape index (κ1) is 22.2. The molecule has 2 aliphatic carbocycles. The zero-order chi connectivity index (χ0) is 23.1. The highest BCUT2D eigenvalue weighted by atomic mass is 32.2. The predicted octanol–water partition coefficient (Wildman–Crippen LogP) is 8.80. The highest BCUT2D eigenvalue weighted by molar-refractivity contribution is 7.98. The molecule has 2 aliphatic rings. The Morgan fingerprint density at radius 2 is 1.47 bits per heavy atom. The normalized spacial score (nSPS) is 19.8. The summed E-state index contributed by atoms with van der Waals surface area (Å²) in [5.41, 5.74) is 7.17. The Morgan fingerprint density at radius 3 is 2.09 bits per heavy atom. The van der Waals surface area contributed by atoms with Crippen LogP contribution >= 0.6 is 23.5 Å². The Morgan fingerprint density at radius 1 is 0.781 bits per heavy atom. The van der Waals surface area contributed by atoms with Crippen LogP contribution in [0.1, 0.15) is 63.6 Å². The van der Waals surface area contributed by atoms with E-state index in [9.17, 15) is 5.11 Å². The summed E-state index contributed by atoms with van der Waals surface area (Å²) >= 11 is 3.61. The second kappa shape index (κ2) is 7.21. The van der Waals surface area contributed by atoms with Crippen LogP contribution in [0.25, 0.3) is 21.9 Å². The zero-order valence-electron chi connectivity index (χ0n) is 20.3. The van der Waals surface area contributed by atoms with Gasteiger partial charge >= 0.3 is 0 Å². The average Bonchev–Trinajstić information content (AvgIpc) is 2.93. The Labute approximate surface area is 201 Å². The molecular formula is C29H34OS2. The fraction of sp³-hybridized carbons (Fsp3) is 0.448. The van der Waals surface area contributed by atoms with Crippen LogP contribution in [0.2, 0.25) is 0 Å². The smallest absolute Gasteiger partial charge is 0.123 e. The van der Waals surface area contributed by atoms with Crippen molar-refractivity contribution in [2.45, 2.75) is 69.1 Å². The second-order valence-electron chi connectivity index (χ2n) is 11.5. The number of hydrogen-bond donors (Lipinski definition) is 1. The number of thioether (sulfide) groups is 2. The fourth-order valence-electron chi connectivity index (χ4n) is 7.33.